The second-order valence-electron chi connectivity index (χ2n) is 6.82. The van der Waals surface area contributed by atoms with Gasteiger partial charge in [-0.25, -0.2) is 8.78 Å². The standard InChI is InChI=1S/C21H21BrF2N2O2/c22-17-6-2-1-4-14(17)10-11-25-19(27)12-16-8-9-20(28)26(16)13-15-5-3-7-18(23)21(15)24/h1-7,16H,8-13H2,(H,25,27). The fraction of sp³-hybridized carbons (Fsp3) is 0.333. The molecule has 1 fully saturated rings. The van der Waals surface area contributed by atoms with Crippen LogP contribution in [0.5, 0.6) is 0 Å². The Morgan fingerprint density at radius 3 is 2.68 bits per heavy atom. The van der Waals surface area contributed by atoms with Crippen molar-refractivity contribution in [1.29, 1.82) is 0 Å². The molecule has 1 atom stereocenters. The molecule has 2 aromatic carbocycles. The zero-order valence-corrected chi connectivity index (χ0v) is 16.8. The summed E-state index contributed by atoms with van der Waals surface area (Å²) in [5, 5.41) is 2.87. The van der Waals surface area contributed by atoms with Crippen molar-refractivity contribution in [3.8, 4) is 0 Å². The maximum Gasteiger partial charge on any atom is 0.223 e. The molecule has 0 bridgehead atoms. The van der Waals surface area contributed by atoms with Gasteiger partial charge in [-0.3, -0.25) is 9.59 Å². The van der Waals surface area contributed by atoms with Gasteiger partial charge in [0, 0.05) is 42.0 Å². The fourth-order valence-corrected chi connectivity index (χ4v) is 3.88. The van der Waals surface area contributed by atoms with E-state index >= 15 is 0 Å². The number of benzene rings is 2. The summed E-state index contributed by atoms with van der Waals surface area (Å²) in [4.78, 5) is 26.0. The highest BCUT2D eigenvalue weighted by Crippen LogP contribution is 2.25. The van der Waals surface area contributed by atoms with Crippen molar-refractivity contribution < 1.29 is 18.4 Å². The van der Waals surface area contributed by atoms with Gasteiger partial charge < -0.3 is 10.2 Å². The Hall–Kier alpha value is -2.28. The number of hydrogen-bond donors (Lipinski definition) is 1. The number of amides is 2. The first kappa shape index (κ1) is 20.5. The zero-order chi connectivity index (χ0) is 20.1. The monoisotopic (exact) mass is 450 g/mol. The lowest BCUT2D eigenvalue weighted by molar-refractivity contribution is -0.130. The summed E-state index contributed by atoms with van der Waals surface area (Å²) in [6.07, 6.45) is 1.69. The highest BCUT2D eigenvalue weighted by Gasteiger charge is 2.33. The molecule has 7 heteroatoms. The van der Waals surface area contributed by atoms with Crippen molar-refractivity contribution in [3.05, 3.63) is 69.7 Å². The molecule has 3 rings (SSSR count). The molecule has 1 aliphatic rings. The van der Waals surface area contributed by atoms with Crippen LogP contribution in [0.2, 0.25) is 0 Å². The van der Waals surface area contributed by atoms with Gasteiger partial charge in [-0.1, -0.05) is 46.3 Å². The molecular weight excluding hydrogens is 430 g/mol. The Morgan fingerprint density at radius 2 is 1.89 bits per heavy atom. The first-order chi connectivity index (χ1) is 13.5. The minimum atomic E-state index is -0.946. The molecule has 0 radical (unpaired) electrons. The number of carbonyl (C=O) groups excluding carboxylic acids is 2. The van der Waals surface area contributed by atoms with E-state index < -0.39 is 11.6 Å². The lowest BCUT2D eigenvalue weighted by Crippen LogP contribution is -2.37. The molecule has 4 nitrogen and oxygen atoms in total. The molecule has 28 heavy (non-hydrogen) atoms. The van der Waals surface area contributed by atoms with Gasteiger partial charge in [-0.05, 0) is 30.5 Å². The third-order valence-electron chi connectivity index (χ3n) is 4.92. The topological polar surface area (TPSA) is 49.4 Å². The molecule has 1 unspecified atom stereocenters. The van der Waals surface area contributed by atoms with Gasteiger partial charge in [0.05, 0.1) is 0 Å². The van der Waals surface area contributed by atoms with E-state index in [9.17, 15) is 18.4 Å². The molecule has 0 aromatic heterocycles. The minimum absolute atomic E-state index is 0.0304. The van der Waals surface area contributed by atoms with Crippen LogP contribution in [-0.4, -0.2) is 29.3 Å². The Morgan fingerprint density at radius 1 is 1.14 bits per heavy atom. The van der Waals surface area contributed by atoms with E-state index in [1.807, 2.05) is 24.3 Å². The van der Waals surface area contributed by atoms with E-state index in [-0.39, 0.29) is 36.4 Å². The van der Waals surface area contributed by atoms with E-state index in [1.54, 1.807) is 0 Å². The smallest absolute Gasteiger partial charge is 0.223 e. The normalized spacial score (nSPS) is 16.5. The average Bonchev–Trinajstić information content (AvgIpc) is 3.00. The van der Waals surface area contributed by atoms with Crippen LogP contribution in [0.25, 0.3) is 0 Å². The molecule has 0 aliphatic carbocycles. The number of carbonyl (C=O) groups is 2. The largest absolute Gasteiger partial charge is 0.356 e. The predicted molar refractivity (Wildman–Crippen MR) is 105 cm³/mol. The highest BCUT2D eigenvalue weighted by atomic mass is 79.9. The number of nitrogens with one attached hydrogen (secondary N) is 1. The summed E-state index contributed by atoms with van der Waals surface area (Å²) in [7, 11) is 0. The summed E-state index contributed by atoms with van der Waals surface area (Å²) in [5.41, 5.74) is 1.22. The predicted octanol–water partition coefficient (Wildman–Crippen LogP) is 3.97. The first-order valence-corrected chi connectivity index (χ1v) is 9.97. The molecular formula is C21H21BrF2N2O2. The molecule has 0 spiro atoms. The van der Waals surface area contributed by atoms with Crippen LogP contribution >= 0.6 is 15.9 Å². The van der Waals surface area contributed by atoms with Crippen molar-refractivity contribution in [2.45, 2.75) is 38.3 Å². The third kappa shape index (κ3) is 4.95. The van der Waals surface area contributed by atoms with E-state index in [4.69, 9.17) is 0 Å². The minimum Gasteiger partial charge on any atom is -0.356 e. The first-order valence-electron chi connectivity index (χ1n) is 9.18. The number of hydrogen-bond acceptors (Lipinski definition) is 2. The van der Waals surface area contributed by atoms with Crippen LogP contribution in [-0.2, 0) is 22.6 Å². The van der Waals surface area contributed by atoms with Gasteiger partial charge in [0.25, 0.3) is 0 Å². The lowest BCUT2D eigenvalue weighted by atomic mass is 10.1. The van der Waals surface area contributed by atoms with E-state index in [1.165, 1.54) is 17.0 Å². The van der Waals surface area contributed by atoms with Crippen molar-refractivity contribution in [2.24, 2.45) is 0 Å². The van der Waals surface area contributed by atoms with Crippen molar-refractivity contribution >= 4 is 27.7 Å². The molecule has 148 valence electrons. The average molecular weight is 451 g/mol. The molecule has 0 saturated carbocycles. The highest BCUT2D eigenvalue weighted by molar-refractivity contribution is 9.10. The Bertz CT molecular complexity index is 875. The summed E-state index contributed by atoms with van der Waals surface area (Å²) in [6, 6.07) is 11.4. The molecule has 1 saturated heterocycles. The summed E-state index contributed by atoms with van der Waals surface area (Å²) in [5.74, 6) is -2.18. The molecule has 1 heterocycles. The summed E-state index contributed by atoms with van der Waals surface area (Å²) >= 11 is 3.48. The van der Waals surface area contributed by atoms with Crippen LogP contribution in [0, 0.1) is 11.6 Å². The summed E-state index contributed by atoms with van der Waals surface area (Å²) < 4.78 is 28.3. The van der Waals surface area contributed by atoms with E-state index in [0.717, 1.165) is 16.1 Å². The number of rotatable bonds is 7. The fourth-order valence-electron chi connectivity index (χ4n) is 3.40. The quantitative estimate of drug-likeness (QED) is 0.693. The van der Waals surface area contributed by atoms with Crippen molar-refractivity contribution in [1.82, 2.24) is 10.2 Å². The Labute approximate surface area is 171 Å². The Balaban J connectivity index is 1.55. The SMILES string of the molecule is O=C(CC1CCC(=O)N1Cc1cccc(F)c1F)NCCc1ccccc1Br. The van der Waals surface area contributed by atoms with Crippen LogP contribution in [0.15, 0.2) is 46.9 Å². The number of halogens is 3. The second-order valence-corrected chi connectivity index (χ2v) is 7.68. The van der Waals surface area contributed by atoms with Gasteiger partial charge in [0.15, 0.2) is 11.6 Å². The number of likely N-dealkylation sites (tertiary alicyclic amines) is 1. The van der Waals surface area contributed by atoms with Gasteiger partial charge in [0.1, 0.15) is 0 Å². The summed E-state index contributed by atoms with van der Waals surface area (Å²) in [6.45, 7) is 0.456. The van der Waals surface area contributed by atoms with E-state index in [2.05, 4.69) is 21.2 Å². The van der Waals surface area contributed by atoms with Gasteiger partial charge >= 0.3 is 0 Å². The van der Waals surface area contributed by atoms with Gasteiger partial charge in [-0.2, -0.15) is 0 Å². The zero-order valence-electron chi connectivity index (χ0n) is 15.3. The van der Waals surface area contributed by atoms with Crippen LogP contribution in [0.3, 0.4) is 0 Å². The second kappa shape index (κ2) is 9.28. The molecule has 2 aromatic rings. The van der Waals surface area contributed by atoms with Gasteiger partial charge in [-0.15, -0.1) is 0 Å². The molecule has 1 N–H and O–H groups in total. The van der Waals surface area contributed by atoms with Crippen LogP contribution in [0.4, 0.5) is 8.78 Å². The van der Waals surface area contributed by atoms with Gasteiger partial charge in [0.2, 0.25) is 11.8 Å². The molecule has 1 aliphatic heterocycles. The Kier molecular flexibility index (Phi) is 6.78. The number of nitrogens with zero attached hydrogens (tertiary/aromatic N) is 1. The maximum absolute atomic E-state index is 13.9. The van der Waals surface area contributed by atoms with Crippen LogP contribution < -0.4 is 5.32 Å². The van der Waals surface area contributed by atoms with Crippen molar-refractivity contribution in [3.63, 3.8) is 0 Å². The van der Waals surface area contributed by atoms with Crippen LogP contribution in [0.1, 0.15) is 30.4 Å². The maximum atomic E-state index is 13.9. The molecule has 2 amide bonds. The van der Waals surface area contributed by atoms with Crippen molar-refractivity contribution in [2.75, 3.05) is 6.54 Å². The third-order valence-corrected chi connectivity index (χ3v) is 5.69. The van der Waals surface area contributed by atoms with E-state index in [0.29, 0.717) is 25.8 Å². The lowest BCUT2D eigenvalue weighted by Gasteiger charge is -2.25.